The summed E-state index contributed by atoms with van der Waals surface area (Å²) in [5.74, 6) is -0.584. The Kier molecular flexibility index (Phi) is 5.12. The third kappa shape index (κ3) is 3.94. The molecular formula is C15H13ClO6S. The fourth-order valence-corrected chi connectivity index (χ4v) is 2.81. The van der Waals surface area contributed by atoms with Crippen molar-refractivity contribution in [3.05, 3.63) is 53.1 Å². The first-order valence-corrected chi connectivity index (χ1v) is 8.12. The van der Waals surface area contributed by atoms with Gasteiger partial charge < -0.3 is 13.7 Å². The van der Waals surface area contributed by atoms with Crippen LogP contribution in [0.25, 0.3) is 0 Å². The second-order valence-electron chi connectivity index (χ2n) is 4.35. The number of rotatable bonds is 5. The lowest BCUT2D eigenvalue weighted by Gasteiger charge is -2.12. The molecule has 0 heterocycles. The van der Waals surface area contributed by atoms with Gasteiger partial charge in [0.15, 0.2) is 5.75 Å². The van der Waals surface area contributed by atoms with E-state index < -0.39 is 16.1 Å². The Labute approximate surface area is 138 Å². The molecule has 0 aliphatic heterocycles. The lowest BCUT2D eigenvalue weighted by atomic mass is 10.2. The second-order valence-corrected chi connectivity index (χ2v) is 6.33. The van der Waals surface area contributed by atoms with Gasteiger partial charge in [0, 0.05) is 11.1 Å². The predicted octanol–water partition coefficient (Wildman–Crippen LogP) is 2.90. The molecule has 8 heteroatoms. The largest absolute Gasteiger partial charge is 0.497 e. The lowest BCUT2D eigenvalue weighted by Crippen LogP contribution is -2.13. The molecule has 6 nitrogen and oxygen atoms in total. The Balaban J connectivity index is 2.44. The van der Waals surface area contributed by atoms with E-state index in [0.29, 0.717) is 10.8 Å². The first-order chi connectivity index (χ1) is 10.9. The highest BCUT2D eigenvalue weighted by molar-refractivity contribution is 7.87. The maximum Gasteiger partial charge on any atom is 0.341 e. The fraction of sp³-hybridized carbons (Fsp3) is 0.133. The third-order valence-electron chi connectivity index (χ3n) is 2.90. The molecule has 0 aliphatic rings. The highest BCUT2D eigenvalue weighted by Crippen LogP contribution is 2.28. The van der Waals surface area contributed by atoms with E-state index in [1.165, 1.54) is 56.7 Å². The van der Waals surface area contributed by atoms with E-state index >= 15 is 0 Å². The molecule has 0 saturated carbocycles. The standard InChI is InChI=1S/C15H13ClO6S/c1-20-11-5-8-13(15(17)21-2)14(9-11)22-23(18,19)12-6-3-10(16)4-7-12/h3-9H,1-2H3. The molecule has 0 saturated heterocycles. The van der Waals surface area contributed by atoms with Crippen LogP contribution < -0.4 is 8.92 Å². The van der Waals surface area contributed by atoms with Crippen molar-refractivity contribution < 1.29 is 26.9 Å². The van der Waals surface area contributed by atoms with Crippen LogP contribution in [0.2, 0.25) is 5.02 Å². The van der Waals surface area contributed by atoms with Crippen molar-refractivity contribution in [2.75, 3.05) is 14.2 Å². The van der Waals surface area contributed by atoms with Crippen LogP contribution >= 0.6 is 11.6 Å². The van der Waals surface area contributed by atoms with Gasteiger partial charge in [0.1, 0.15) is 16.2 Å². The number of ether oxygens (including phenoxy) is 2. The van der Waals surface area contributed by atoms with E-state index in [2.05, 4.69) is 4.74 Å². The van der Waals surface area contributed by atoms with Gasteiger partial charge in [-0.1, -0.05) is 11.6 Å². The van der Waals surface area contributed by atoms with Crippen LogP contribution in [0.5, 0.6) is 11.5 Å². The number of esters is 1. The van der Waals surface area contributed by atoms with Gasteiger partial charge in [0.25, 0.3) is 0 Å². The van der Waals surface area contributed by atoms with Crippen LogP contribution in [-0.4, -0.2) is 28.6 Å². The normalized spacial score (nSPS) is 10.9. The molecule has 0 atom stereocenters. The summed E-state index contributed by atoms with van der Waals surface area (Å²) in [7, 11) is -1.55. The van der Waals surface area contributed by atoms with Crippen LogP contribution in [-0.2, 0) is 14.9 Å². The zero-order valence-electron chi connectivity index (χ0n) is 12.3. The number of hydrogen-bond donors (Lipinski definition) is 0. The van der Waals surface area contributed by atoms with Crippen molar-refractivity contribution in [1.29, 1.82) is 0 Å². The van der Waals surface area contributed by atoms with Gasteiger partial charge in [-0.05, 0) is 36.4 Å². The van der Waals surface area contributed by atoms with Crippen LogP contribution in [0.15, 0.2) is 47.4 Å². The number of carbonyl (C=O) groups is 1. The first kappa shape index (κ1) is 17.1. The minimum absolute atomic E-state index is 0.0363. The second kappa shape index (κ2) is 6.89. The van der Waals surface area contributed by atoms with Crippen LogP contribution in [0.3, 0.4) is 0 Å². The molecule has 2 rings (SSSR count). The molecule has 0 aliphatic carbocycles. The highest BCUT2D eigenvalue weighted by Gasteiger charge is 2.22. The van der Waals surface area contributed by atoms with E-state index in [9.17, 15) is 13.2 Å². The van der Waals surface area contributed by atoms with Crippen molar-refractivity contribution in [1.82, 2.24) is 0 Å². The first-order valence-electron chi connectivity index (χ1n) is 6.34. The van der Waals surface area contributed by atoms with Crippen LogP contribution in [0.1, 0.15) is 10.4 Å². The summed E-state index contributed by atoms with van der Waals surface area (Å²) in [6.45, 7) is 0. The van der Waals surface area contributed by atoms with Gasteiger partial charge in [-0.25, -0.2) is 4.79 Å². The third-order valence-corrected chi connectivity index (χ3v) is 4.40. The average molecular weight is 357 g/mol. The summed E-state index contributed by atoms with van der Waals surface area (Å²) in [6, 6.07) is 9.59. The molecule has 0 aromatic heterocycles. The number of carbonyl (C=O) groups excluding carboxylic acids is 1. The molecule has 122 valence electrons. The van der Waals surface area contributed by atoms with Gasteiger partial charge in [0.05, 0.1) is 14.2 Å². The van der Waals surface area contributed by atoms with E-state index in [-0.39, 0.29) is 16.2 Å². The summed E-state index contributed by atoms with van der Waals surface area (Å²) >= 11 is 5.73. The van der Waals surface area contributed by atoms with Crippen LogP contribution in [0, 0.1) is 0 Å². The lowest BCUT2D eigenvalue weighted by molar-refractivity contribution is 0.0599. The number of benzene rings is 2. The van der Waals surface area contributed by atoms with Crippen molar-refractivity contribution in [3.8, 4) is 11.5 Å². The fourth-order valence-electron chi connectivity index (χ4n) is 1.74. The van der Waals surface area contributed by atoms with E-state index in [1.807, 2.05) is 0 Å². The molecule has 0 amide bonds. The van der Waals surface area contributed by atoms with Crippen molar-refractivity contribution in [2.24, 2.45) is 0 Å². The topological polar surface area (TPSA) is 78.9 Å². The maximum absolute atomic E-state index is 12.3. The molecule has 2 aromatic rings. The maximum atomic E-state index is 12.3. The van der Waals surface area contributed by atoms with E-state index in [0.717, 1.165) is 0 Å². The molecule has 2 aromatic carbocycles. The van der Waals surface area contributed by atoms with Gasteiger partial charge >= 0.3 is 16.1 Å². The highest BCUT2D eigenvalue weighted by atomic mass is 35.5. The zero-order valence-corrected chi connectivity index (χ0v) is 13.8. The van der Waals surface area contributed by atoms with Crippen LogP contribution in [0.4, 0.5) is 0 Å². The Morgan fingerprint density at radius 2 is 1.70 bits per heavy atom. The number of methoxy groups -OCH3 is 2. The number of halogens is 1. The summed E-state index contributed by atoms with van der Waals surface area (Å²) in [4.78, 5) is 11.6. The van der Waals surface area contributed by atoms with Gasteiger partial charge in [-0.15, -0.1) is 0 Å². The molecule has 0 radical (unpaired) electrons. The Bertz CT molecular complexity index is 814. The smallest absolute Gasteiger partial charge is 0.341 e. The quantitative estimate of drug-likeness (QED) is 0.605. The van der Waals surface area contributed by atoms with E-state index in [1.54, 1.807) is 0 Å². The molecule has 0 unspecified atom stereocenters. The molecule has 0 N–H and O–H groups in total. The molecule has 0 spiro atoms. The summed E-state index contributed by atoms with van der Waals surface area (Å²) < 4.78 is 39.3. The predicted molar refractivity (Wildman–Crippen MR) is 83.6 cm³/mol. The minimum atomic E-state index is -4.14. The Morgan fingerprint density at radius 1 is 1.04 bits per heavy atom. The molecule has 0 bridgehead atoms. The van der Waals surface area contributed by atoms with Crippen molar-refractivity contribution in [2.45, 2.75) is 4.90 Å². The SMILES string of the molecule is COC(=O)c1ccc(OC)cc1OS(=O)(=O)c1ccc(Cl)cc1. The molecule has 23 heavy (non-hydrogen) atoms. The number of hydrogen-bond acceptors (Lipinski definition) is 6. The van der Waals surface area contributed by atoms with E-state index in [4.69, 9.17) is 20.5 Å². The molecular weight excluding hydrogens is 344 g/mol. The Hall–Kier alpha value is -2.25. The van der Waals surface area contributed by atoms with Crippen molar-refractivity contribution in [3.63, 3.8) is 0 Å². The minimum Gasteiger partial charge on any atom is -0.497 e. The van der Waals surface area contributed by atoms with Gasteiger partial charge in [-0.3, -0.25) is 0 Å². The Morgan fingerprint density at radius 3 is 2.26 bits per heavy atom. The average Bonchev–Trinajstić information content (AvgIpc) is 2.54. The van der Waals surface area contributed by atoms with Gasteiger partial charge in [-0.2, -0.15) is 8.42 Å². The van der Waals surface area contributed by atoms with Crippen molar-refractivity contribution >= 4 is 27.7 Å². The summed E-state index contributed by atoms with van der Waals surface area (Å²) in [5.41, 5.74) is -0.0363. The zero-order chi connectivity index (χ0) is 17.0. The monoisotopic (exact) mass is 356 g/mol. The molecule has 0 fully saturated rings. The summed E-state index contributed by atoms with van der Waals surface area (Å²) in [5, 5.41) is 0.389. The summed E-state index contributed by atoms with van der Waals surface area (Å²) in [6.07, 6.45) is 0. The van der Waals surface area contributed by atoms with Gasteiger partial charge in [0.2, 0.25) is 0 Å².